The Morgan fingerprint density at radius 3 is 2.80 bits per heavy atom. The summed E-state index contributed by atoms with van der Waals surface area (Å²) >= 11 is 1.89. The van der Waals surface area contributed by atoms with Gasteiger partial charge in [-0.3, -0.25) is 4.99 Å². The van der Waals surface area contributed by atoms with Crippen molar-refractivity contribution in [3.05, 3.63) is 0 Å². The summed E-state index contributed by atoms with van der Waals surface area (Å²) in [6, 6.07) is 0.622. The third-order valence-electron chi connectivity index (χ3n) is 3.38. The standard InChI is InChI=1S/C12H22N2S/c1-10-7-8-15-12(14-10)13-9-11-5-3-2-4-6-11/h10-11H,2-9H2,1H3,(H,13,14). The van der Waals surface area contributed by atoms with Crippen LogP contribution in [0.4, 0.5) is 0 Å². The van der Waals surface area contributed by atoms with Gasteiger partial charge in [-0.2, -0.15) is 0 Å². The average Bonchev–Trinajstić information content (AvgIpc) is 2.28. The lowest BCUT2D eigenvalue weighted by molar-refractivity contribution is 0.367. The maximum Gasteiger partial charge on any atom is 0.156 e. The van der Waals surface area contributed by atoms with E-state index in [-0.39, 0.29) is 0 Å². The molecule has 1 aliphatic heterocycles. The highest BCUT2D eigenvalue weighted by Crippen LogP contribution is 2.24. The van der Waals surface area contributed by atoms with Gasteiger partial charge in [-0.05, 0) is 32.1 Å². The lowest BCUT2D eigenvalue weighted by Crippen LogP contribution is -2.35. The summed E-state index contributed by atoms with van der Waals surface area (Å²) in [5.41, 5.74) is 0. The van der Waals surface area contributed by atoms with E-state index in [0.717, 1.165) is 12.5 Å². The van der Waals surface area contributed by atoms with Crippen molar-refractivity contribution in [2.45, 2.75) is 51.5 Å². The fraction of sp³-hybridized carbons (Fsp3) is 0.917. The van der Waals surface area contributed by atoms with E-state index < -0.39 is 0 Å². The van der Waals surface area contributed by atoms with Crippen LogP contribution in [-0.4, -0.2) is 23.5 Å². The van der Waals surface area contributed by atoms with E-state index in [1.165, 1.54) is 49.4 Å². The second kappa shape index (κ2) is 5.78. The summed E-state index contributed by atoms with van der Waals surface area (Å²) in [7, 11) is 0. The zero-order valence-corrected chi connectivity index (χ0v) is 10.5. The zero-order valence-electron chi connectivity index (χ0n) is 9.67. The van der Waals surface area contributed by atoms with Crippen molar-refractivity contribution in [1.82, 2.24) is 5.32 Å². The number of hydrogen-bond acceptors (Lipinski definition) is 2. The summed E-state index contributed by atoms with van der Waals surface area (Å²) in [5.74, 6) is 2.10. The molecule has 0 aromatic carbocycles. The Kier molecular flexibility index (Phi) is 4.36. The molecule has 1 atom stereocenters. The minimum atomic E-state index is 0.622. The highest BCUT2D eigenvalue weighted by molar-refractivity contribution is 8.13. The third-order valence-corrected chi connectivity index (χ3v) is 4.34. The summed E-state index contributed by atoms with van der Waals surface area (Å²) in [5, 5.41) is 4.66. The fourth-order valence-electron chi connectivity index (χ4n) is 2.33. The van der Waals surface area contributed by atoms with Gasteiger partial charge < -0.3 is 5.32 Å². The highest BCUT2D eigenvalue weighted by atomic mass is 32.2. The molecular formula is C12H22N2S. The topological polar surface area (TPSA) is 24.4 Å². The van der Waals surface area contributed by atoms with Crippen LogP contribution in [0, 0.1) is 5.92 Å². The van der Waals surface area contributed by atoms with Crippen molar-refractivity contribution in [1.29, 1.82) is 0 Å². The summed E-state index contributed by atoms with van der Waals surface area (Å²) < 4.78 is 0. The van der Waals surface area contributed by atoms with Crippen LogP contribution in [0.15, 0.2) is 4.99 Å². The SMILES string of the molecule is CC1CCSC(=NCC2CCCCC2)N1. The molecule has 0 aromatic heterocycles. The maximum atomic E-state index is 4.73. The van der Waals surface area contributed by atoms with Crippen LogP contribution in [0.2, 0.25) is 0 Å². The van der Waals surface area contributed by atoms with Gasteiger partial charge in [-0.25, -0.2) is 0 Å². The van der Waals surface area contributed by atoms with Crippen molar-refractivity contribution in [2.24, 2.45) is 10.9 Å². The van der Waals surface area contributed by atoms with Gasteiger partial charge in [-0.15, -0.1) is 0 Å². The monoisotopic (exact) mass is 226 g/mol. The fourth-order valence-corrected chi connectivity index (χ4v) is 3.45. The van der Waals surface area contributed by atoms with Gasteiger partial charge >= 0.3 is 0 Å². The molecule has 1 aliphatic carbocycles. The summed E-state index contributed by atoms with van der Waals surface area (Å²) in [4.78, 5) is 4.73. The normalized spacial score (nSPS) is 31.5. The molecule has 0 aromatic rings. The van der Waals surface area contributed by atoms with Crippen LogP contribution in [0.1, 0.15) is 45.4 Å². The minimum Gasteiger partial charge on any atom is -0.362 e. The van der Waals surface area contributed by atoms with E-state index in [0.29, 0.717) is 6.04 Å². The van der Waals surface area contributed by atoms with Gasteiger partial charge in [0.15, 0.2) is 5.17 Å². The number of amidine groups is 1. The molecule has 1 heterocycles. The van der Waals surface area contributed by atoms with E-state index in [1.807, 2.05) is 11.8 Å². The van der Waals surface area contributed by atoms with Gasteiger partial charge in [0.1, 0.15) is 0 Å². The first-order chi connectivity index (χ1) is 7.34. The zero-order chi connectivity index (χ0) is 10.5. The van der Waals surface area contributed by atoms with Gasteiger partial charge in [0.25, 0.3) is 0 Å². The van der Waals surface area contributed by atoms with Gasteiger partial charge in [0.05, 0.1) is 0 Å². The molecule has 2 nitrogen and oxygen atoms in total. The van der Waals surface area contributed by atoms with Gasteiger partial charge in [-0.1, -0.05) is 31.0 Å². The van der Waals surface area contributed by atoms with Crippen LogP contribution in [0.5, 0.6) is 0 Å². The Morgan fingerprint density at radius 1 is 1.27 bits per heavy atom. The molecule has 0 spiro atoms. The largest absolute Gasteiger partial charge is 0.362 e. The first-order valence-electron chi connectivity index (χ1n) is 6.28. The molecular weight excluding hydrogens is 204 g/mol. The van der Waals surface area contributed by atoms with E-state index in [2.05, 4.69) is 12.2 Å². The highest BCUT2D eigenvalue weighted by Gasteiger charge is 2.15. The molecule has 2 rings (SSSR count). The number of rotatable bonds is 2. The minimum absolute atomic E-state index is 0.622. The molecule has 1 saturated heterocycles. The average molecular weight is 226 g/mol. The van der Waals surface area contributed by atoms with E-state index in [1.54, 1.807) is 0 Å². The number of aliphatic imine (C=N–C) groups is 1. The number of hydrogen-bond donors (Lipinski definition) is 1. The van der Waals surface area contributed by atoms with Gasteiger partial charge in [0, 0.05) is 18.3 Å². The van der Waals surface area contributed by atoms with Crippen molar-refractivity contribution in [2.75, 3.05) is 12.3 Å². The molecule has 1 unspecified atom stereocenters. The number of nitrogens with zero attached hydrogens (tertiary/aromatic N) is 1. The Hall–Kier alpha value is -0.180. The quantitative estimate of drug-likeness (QED) is 0.782. The molecule has 1 saturated carbocycles. The molecule has 1 N–H and O–H groups in total. The first-order valence-corrected chi connectivity index (χ1v) is 7.27. The molecule has 15 heavy (non-hydrogen) atoms. The van der Waals surface area contributed by atoms with Crippen LogP contribution < -0.4 is 5.32 Å². The molecule has 3 heteroatoms. The molecule has 2 fully saturated rings. The molecule has 0 bridgehead atoms. The number of nitrogens with one attached hydrogen (secondary N) is 1. The van der Waals surface area contributed by atoms with Crippen LogP contribution >= 0.6 is 11.8 Å². The van der Waals surface area contributed by atoms with Gasteiger partial charge in [0.2, 0.25) is 0 Å². The van der Waals surface area contributed by atoms with E-state index >= 15 is 0 Å². The van der Waals surface area contributed by atoms with Crippen molar-refractivity contribution >= 4 is 16.9 Å². The predicted molar refractivity (Wildman–Crippen MR) is 68.5 cm³/mol. The van der Waals surface area contributed by atoms with E-state index in [9.17, 15) is 0 Å². The summed E-state index contributed by atoms with van der Waals surface area (Å²) in [6.07, 6.45) is 8.36. The van der Waals surface area contributed by atoms with Crippen LogP contribution in [0.3, 0.4) is 0 Å². The first kappa shape index (κ1) is 11.3. The van der Waals surface area contributed by atoms with Crippen LogP contribution in [0.25, 0.3) is 0 Å². The second-order valence-electron chi connectivity index (χ2n) is 4.83. The maximum absolute atomic E-state index is 4.73. The van der Waals surface area contributed by atoms with Crippen LogP contribution in [-0.2, 0) is 0 Å². The Balaban J connectivity index is 1.76. The Morgan fingerprint density at radius 2 is 2.07 bits per heavy atom. The van der Waals surface area contributed by atoms with Crippen molar-refractivity contribution in [3.63, 3.8) is 0 Å². The third kappa shape index (κ3) is 3.71. The molecule has 0 radical (unpaired) electrons. The summed E-state index contributed by atoms with van der Waals surface area (Å²) in [6.45, 7) is 3.30. The number of thioether (sulfide) groups is 1. The van der Waals surface area contributed by atoms with E-state index in [4.69, 9.17) is 4.99 Å². The Bertz CT molecular complexity index is 222. The molecule has 0 amide bonds. The van der Waals surface area contributed by atoms with Crippen molar-refractivity contribution in [3.8, 4) is 0 Å². The Labute approximate surface area is 97.3 Å². The molecule has 2 aliphatic rings. The molecule has 86 valence electrons. The second-order valence-corrected chi connectivity index (χ2v) is 5.92. The lowest BCUT2D eigenvalue weighted by atomic mass is 9.89. The lowest BCUT2D eigenvalue weighted by Gasteiger charge is -2.24. The van der Waals surface area contributed by atoms with Crippen molar-refractivity contribution < 1.29 is 0 Å². The predicted octanol–water partition coefficient (Wildman–Crippen LogP) is 3.04. The smallest absolute Gasteiger partial charge is 0.156 e.